The van der Waals surface area contributed by atoms with Crippen LogP contribution >= 0.6 is 0 Å². The van der Waals surface area contributed by atoms with Crippen LogP contribution in [0.1, 0.15) is 52.3 Å². The highest BCUT2D eigenvalue weighted by molar-refractivity contribution is 6.00. The molecule has 2 aliphatic rings. The van der Waals surface area contributed by atoms with Crippen LogP contribution in [0.15, 0.2) is 24.5 Å². The van der Waals surface area contributed by atoms with E-state index in [1.165, 1.54) is 13.4 Å². The average molecular weight is 409 g/mol. The minimum Gasteiger partial charge on any atom is -0.497 e. The van der Waals surface area contributed by atoms with E-state index in [0.29, 0.717) is 42.1 Å². The summed E-state index contributed by atoms with van der Waals surface area (Å²) in [7, 11) is 1.49. The molecule has 1 aromatic heterocycles. The summed E-state index contributed by atoms with van der Waals surface area (Å²) in [6.45, 7) is 1.23. The van der Waals surface area contributed by atoms with Crippen LogP contribution in [0.3, 0.4) is 0 Å². The van der Waals surface area contributed by atoms with E-state index in [4.69, 9.17) is 4.74 Å². The monoisotopic (exact) mass is 409 g/mol. The quantitative estimate of drug-likeness (QED) is 0.728. The fraction of sp³-hybridized carbons (Fsp3) is 0.421. The normalized spacial score (nSPS) is 19.1. The van der Waals surface area contributed by atoms with Gasteiger partial charge in [0.25, 0.3) is 5.91 Å². The first-order chi connectivity index (χ1) is 13.7. The number of imidazole rings is 1. The van der Waals surface area contributed by atoms with E-state index >= 15 is 0 Å². The minimum absolute atomic E-state index is 0.213. The highest BCUT2D eigenvalue weighted by Crippen LogP contribution is 2.40. The number of carbonyl (C=O) groups is 2. The lowest BCUT2D eigenvalue weighted by molar-refractivity contribution is -0.198. The van der Waals surface area contributed by atoms with Crippen molar-refractivity contribution in [2.75, 3.05) is 13.7 Å². The third-order valence-corrected chi connectivity index (χ3v) is 5.27. The van der Waals surface area contributed by atoms with Gasteiger partial charge >= 0.3 is 12.1 Å². The molecule has 0 spiro atoms. The molecule has 0 bridgehead atoms. The van der Waals surface area contributed by atoms with Crippen LogP contribution in [-0.2, 0) is 4.74 Å². The Kier molecular flexibility index (Phi) is 4.51. The third kappa shape index (κ3) is 3.12. The Morgan fingerprint density at radius 2 is 2.10 bits per heavy atom. The van der Waals surface area contributed by atoms with Gasteiger partial charge in [0.1, 0.15) is 12.1 Å². The number of hydrogen-bond acceptors (Lipinski definition) is 5. The zero-order chi connectivity index (χ0) is 20.9. The van der Waals surface area contributed by atoms with Gasteiger partial charge in [0.2, 0.25) is 0 Å². The van der Waals surface area contributed by atoms with E-state index in [-0.39, 0.29) is 11.6 Å². The highest BCUT2D eigenvalue weighted by Gasteiger charge is 2.43. The van der Waals surface area contributed by atoms with Crippen LogP contribution in [0.25, 0.3) is 5.69 Å². The molecule has 2 atom stereocenters. The van der Waals surface area contributed by atoms with Crippen molar-refractivity contribution < 1.29 is 32.2 Å². The Morgan fingerprint density at radius 1 is 1.34 bits per heavy atom. The summed E-state index contributed by atoms with van der Waals surface area (Å²) < 4.78 is 49.9. The van der Waals surface area contributed by atoms with Gasteiger partial charge in [-0.25, -0.2) is 9.78 Å². The zero-order valence-corrected chi connectivity index (χ0v) is 15.7. The Hall–Kier alpha value is -3.04. The van der Waals surface area contributed by atoms with Crippen LogP contribution in [0.5, 0.6) is 5.75 Å². The van der Waals surface area contributed by atoms with Gasteiger partial charge in [-0.1, -0.05) is 0 Å². The van der Waals surface area contributed by atoms with Crippen molar-refractivity contribution in [3.8, 4) is 11.4 Å². The first-order valence-corrected chi connectivity index (χ1v) is 9.06. The number of aromatic nitrogens is 2. The number of hydrogen-bond donors (Lipinski definition) is 0. The maximum atomic E-state index is 13.1. The molecule has 1 fully saturated rings. The van der Waals surface area contributed by atoms with Crippen molar-refractivity contribution in [3.05, 3.63) is 41.5 Å². The summed E-state index contributed by atoms with van der Waals surface area (Å²) in [6.07, 6.45) is -4.34. The topological polar surface area (TPSA) is 73.7 Å². The van der Waals surface area contributed by atoms with Crippen LogP contribution in [0.2, 0.25) is 0 Å². The predicted molar refractivity (Wildman–Crippen MR) is 94.1 cm³/mol. The van der Waals surface area contributed by atoms with E-state index in [0.717, 1.165) is 6.92 Å². The van der Waals surface area contributed by atoms with Crippen LogP contribution in [0.4, 0.5) is 13.2 Å². The zero-order valence-electron chi connectivity index (χ0n) is 15.7. The van der Waals surface area contributed by atoms with Gasteiger partial charge in [-0.2, -0.15) is 13.2 Å². The molecular formula is C19H18F3N3O4. The van der Waals surface area contributed by atoms with Gasteiger partial charge in [-0.15, -0.1) is 0 Å². The van der Waals surface area contributed by atoms with Crippen molar-refractivity contribution >= 4 is 11.9 Å². The third-order valence-electron chi connectivity index (χ3n) is 5.27. The smallest absolute Gasteiger partial charge is 0.425 e. The summed E-state index contributed by atoms with van der Waals surface area (Å²) >= 11 is 0. The number of benzene rings is 1. The van der Waals surface area contributed by atoms with E-state index in [1.807, 2.05) is 0 Å². The molecule has 7 nitrogen and oxygen atoms in total. The lowest BCUT2D eigenvalue weighted by Crippen LogP contribution is -2.32. The molecule has 2 aliphatic heterocycles. The van der Waals surface area contributed by atoms with Gasteiger partial charge in [0, 0.05) is 6.54 Å². The molecular weight excluding hydrogens is 391 g/mol. The SMILES string of the molecule is COc1ccc2c(c1)C(=O)N1CCC[C@H]1c1c(C(=O)OC(C)C(F)(F)F)ncn1-2. The van der Waals surface area contributed by atoms with Crippen molar-refractivity contribution in [3.63, 3.8) is 0 Å². The Balaban J connectivity index is 1.83. The standard InChI is InChI=1S/C19H18F3N3O4/c1-10(19(20,21)22)29-18(27)15-16-14-4-3-7-24(14)17(26)12-8-11(28-2)5-6-13(12)25(16)9-23-15/h5-6,8-10,14H,3-4,7H2,1-2H3/t10?,14-/m0/s1. The van der Waals surface area contributed by atoms with Crippen molar-refractivity contribution in [2.24, 2.45) is 0 Å². The predicted octanol–water partition coefficient (Wildman–Crippen LogP) is 3.28. The fourth-order valence-corrected chi connectivity index (χ4v) is 3.78. The first-order valence-electron chi connectivity index (χ1n) is 9.06. The molecule has 4 rings (SSSR count). The Labute approximate surface area is 164 Å². The maximum absolute atomic E-state index is 13.1. The Bertz CT molecular complexity index is 986. The molecule has 0 radical (unpaired) electrons. The van der Waals surface area contributed by atoms with Gasteiger partial charge in [0.15, 0.2) is 11.8 Å². The number of alkyl halides is 3. The van der Waals surface area contributed by atoms with Crippen molar-refractivity contribution in [1.82, 2.24) is 14.5 Å². The summed E-state index contributed by atoms with van der Waals surface area (Å²) in [5.74, 6) is -0.900. The molecule has 10 heteroatoms. The highest BCUT2D eigenvalue weighted by atomic mass is 19.4. The van der Waals surface area contributed by atoms with Gasteiger partial charge in [0.05, 0.1) is 30.1 Å². The van der Waals surface area contributed by atoms with E-state index in [9.17, 15) is 22.8 Å². The minimum atomic E-state index is -4.68. The second kappa shape index (κ2) is 6.78. The molecule has 0 aliphatic carbocycles. The molecule has 0 saturated carbocycles. The van der Waals surface area contributed by atoms with E-state index < -0.39 is 24.3 Å². The average Bonchev–Trinajstić information content (AvgIpc) is 3.30. The summed E-state index contributed by atoms with van der Waals surface area (Å²) in [6, 6.07) is 4.45. The number of nitrogens with zero attached hydrogens (tertiary/aromatic N) is 3. The Morgan fingerprint density at radius 3 is 2.79 bits per heavy atom. The van der Waals surface area contributed by atoms with E-state index in [2.05, 4.69) is 9.72 Å². The van der Waals surface area contributed by atoms with E-state index in [1.54, 1.807) is 27.7 Å². The second-order valence-electron chi connectivity index (χ2n) is 6.98. The molecule has 2 aromatic rings. The largest absolute Gasteiger partial charge is 0.497 e. The maximum Gasteiger partial charge on any atom is 0.425 e. The van der Waals surface area contributed by atoms with Gasteiger partial charge in [-0.3, -0.25) is 9.36 Å². The van der Waals surface area contributed by atoms with Crippen molar-refractivity contribution in [2.45, 2.75) is 38.1 Å². The summed E-state index contributed by atoms with van der Waals surface area (Å²) in [5.41, 5.74) is 1.00. The van der Waals surface area contributed by atoms with Crippen molar-refractivity contribution in [1.29, 1.82) is 0 Å². The summed E-state index contributed by atoms with van der Waals surface area (Å²) in [5, 5.41) is 0. The number of carbonyl (C=O) groups excluding carboxylic acids is 2. The molecule has 154 valence electrons. The number of ether oxygens (including phenoxy) is 2. The fourth-order valence-electron chi connectivity index (χ4n) is 3.78. The van der Waals surface area contributed by atoms with Crippen LogP contribution in [-0.4, -0.2) is 52.3 Å². The van der Waals surface area contributed by atoms with Gasteiger partial charge < -0.3 is 14.4 Å². The lowest BCUT2D eigenvalue weighted by atomic mass is 10.1. The number of rotatable bonds is 3. The van der Waals surface area contributed by atoms with Gasteiger partial charge in [-0.05, 0) is 38.0 Å². The molecule has 29 heavy (non-hydrogen) atoms. The number of esters is 1. The molecule has 1 saturated heterocycles. The van der Waals surface area contributed by atoms with Crippen LogP contribution in [0, 0.1) is 0 Å². The molecule has 1 unspecified atom stereocenters. The second-order valence-corrected chi connectivity index (χ2v) is 6.98. The molecule has 0 N–H and O–H groups in total. The number of amides is 1. The van der Waals surface area contributed by atoms with Crippen LogP contribution < -0.4 is 4.74 Å². The lowest BCUT2D eigenvalue weighted by Gasteiger charge is -2.23. The number of halogens is 3. The molecule has 1 amide bonds. The summed E-state index contributed by atoms with van der Waals surface area (Å²) in [4.78, 5) is 31.3. The molecule has 3 heterocycles. The number of fused-ring (bicyclic) bond motifs is 5. The molecule has 1 aromatic carbocycles. The first kappa shape index (κ1) is 19.3. The number of methoxy groups -OCH3 is 1.